The molecule has 0 aromatic rings. The third-order valence-corrected chi connectivity index (χ3v) is 2.61. The van der Waals surface area contributed by atoms with Crippen LogP contribution < -0.4 is 5.32 Å². The Balaban J connectivity index is 3.40. The SMILES string of the molecule is CN[C@H](O)/C=C/C#CCCCC/C=C\CCCC(=O)O. The molecule has 0 unspecified atom stereocenters. The highest BCUT2D eigenvalue weighted by atomic mass is 16.4. The highest BCUT2D eigenvalue weighted by molar-refractivity contribution is 5.66. The topological polar surface area (TPSA) is 69.6 Å². The van der Waals surface area contributed by atoms with E-state index in [2.05, 4.69) is 29.3 Å². The summed E-state index contributed by atoms with van der Waals surface area (Å²) in [5.41, 5.74) is 0. The van der Waals surface area contributed by atoms with Crippen molar-refractivity contribution in [2.45, 2.75) is 51.2 Å². The Kier molecular flexibility index (Phi) is 12.8. The number of nitrogens with one attached hydrogen (secondary N) is 1. The number of carboxylic acids is 1. The summed E-state index contributed by atoms with van der Waals surface area (Å²) in [5, 5.41) is 20.3. The van der Waals surface area contributed by atoms with Gasteiger partial charge in [-0.05, 0) is 51.3 Å². The van der Waals surface area contributed by atoms with Crippen LogP contribution >= 0.6 is 0 Å². The van der Waals surface area contributed by atoms with Gasteiger partial charge in [0, 0.05) is 12.8 Å². The van der Waals surface area contributed by atoms with E-state index in [0.29, 0.717) is 6.42 Å². The van der Waals surface area contributed by atoms with Crippen molar-refractivity contribution in [1.29, 1.82) is 0 Å². The summed E-state index contributed by atoms with van der Waals surface area (Å²) in [6, 6.07) is 0. The van der Waals surface area contributed by atoms with Gasteiger partial charge in [-0.1, -0.05) is 24.0 Å². The molecule has 0 radical (unpaired) electrons. The van der Waals surface area contributed by atoms with Crippen molar-refractivity contribution in [3.8, 4) is 11.8 Å². The lowest BCUT2D eigenvalue weighted by Crippen LogP contribution is -2.21. The van der Waals surface area contributed by atoms with Crippen molar-refractivity contribution in [2.75, 3.05) is 7.05 Å². The molecule has 0 amide bonds. The highest BCUT2D eigenvalue weighted by Crippen LogP contribution is 2.02. The van der Waals surface area contributed by atoms with Crippen LogP contribution in [0.5, 0.6) is 0 Å². The maximum Gasteiger partial charge on any atom is 0.303 e. The predicted octanol–water partition coefficient (Wildman–Crippen LogP) is 2.46. The summed E-state index contributed by atoms with van der Waals surface area (Å²) in [6.07, 6.45) is 12.6. The van der Waals surface area contributed by atoms with Crippen molar-refractivity contribution in [1.82, 2.24) is 5.32 Å². The molecule has 112 valence electrons. The Hall–Kier alpha value is -1.57. The first-order valence-electron chi connectivity index (χ1n) is 7.04. The maximum absolute atomic E-state index is 10.3. The van der Waals surface area contributed by atoms with Crippen molar-refractivity contribution >= 4 is 5.97 Å². The fraction of sp³-hybridized carbons (Fsp3) is 0.562. The Morgan fingerprint density at radius 3 is 2.60 bits per heavy atom. The van der Waals surface area contributed by atoms with Crippen LogP contribution in [0, 0.1) is 11.8 Å². The summed E-state index contributed by atoms with van der Waals surface area (Å²) in [5.74, 6) is 5.17. The van der Waals surface area contributed by atoms with Gasteiger partial charge in [-0.25, -0.2) is 0 Å². The molecule has 0 heterocycles. The minimum absolute atomic E-state index is 0.246. The molecule has 0 aromatic heterocycles. The molecular formula is C16H25NO3. The summed E-state index contributed by atoms with van der Waals surface area (Å²) in [4.78, 5) is 10.3. The van der Waals surface area contributed by atoms with Gasteiger partial charge < -0.3 is 10.2 Å². The molecule has 0 fully saturated rings. The van der Waals surface area contributed by atoms with Crippen LogP contribution in [0.1, 0.15) is 44.9 Å². The van der Waals surface area contributed by atoms with E-state index in [1.807, 2.05) is 0 Å². The second-order valence-corrected chi connectivity index (χ2v) is 4.42. The summed E-state index contributed by atoms with van der Waals surface area (Å²) in [7, 11) is 1.68. The Morgan fingerprint density at radius 1 is 1.25 bits per heavy atom. The van der Waals surface area contributed by atoms with E-state index in [9.17, 15) is 4.79 Å². The van der Waals surface area contributed by atoms with Crippen LogP contribution in [0.25, 0.3) is 0 Å². The molecule has 0 aromatic carbocycles. The molecule has 0 saturated heterocycles. The number of rotatable bonds is 10. The lowest BCUT2D eigenvalue weighted by molar-refractivity contribution is -0.137. The smallest absolute Gasteiger partial charge is 0.303 e. The van der Waals surface area contributed by atoms with E-state index < -0.39 is 12.2 Å². The van der Waals surface area contributed by atoms with E-state index in [4.69, 9.17) is 10.2 Å². The molecule has 0 aliphatic heterocycles. The lowest BCUT2D eigenvalue weighted by Gasteiger charge is -1.98. The zero-order chi connectivity index (χ0) is 15.1. The molecule has 0 bridgehead atoms. The van der Waals surface area contributed by atoms with Crippen LogP contribution in [0.3, 0.4) is 0 Å². The van der Waals surface area contributed by atoms with Crippen LogP contribution in [-0.4, -0.2) is 29.5 Å². The minimum Gasteiger partial charge on any atom is -0.481 e. The standard InChI is InChI=1S/C16H25NO3/c1-17-15(18)13-11-9-7-5-3-2-4-6-8-10-12-14-16(19)20/h6,8,11,13,15,17-18H,2-5,10,12,14H2,1H3,(H,19,20)/b8-6-,13-11+/t15-/m1/s1. The van der Waals surface area contributed by atoms with Crippen LogP contribution in [0.4, 0.5) is 0 Å². The van der Waals surface area contributed by atoms with Crippen molar-refractivity contribution in [2.24, 2.45) is 0 Å². The molecular weight excluding hydrogens is 254 g/mol. The fourth-order valence-electron chi connectivity index (χ4n) is 1.45. The Morgan fingerprint density at radius 2 is 1.95 bits per heavy atom. The normalized spacial score (nSPS) is 12.5. The molecule has 4 heteroatoms. The first-order chi connectivity index (χ1) is 9.66. The van der Waals surface area contributed by atoms with E-state index in [-0.39, 0.29) is 6.42 Å². The van der Waals surface area contributed by atoms with Gasteiger partial charge in [0.15, 0.2) is 0 Å². The monoisotopic (exact) mass is 279 g/mol. The number of carboxylic acid groups (broad SMARTS) is 1. The predicted molar refractivity (Wildman–Crippen MR) is 81.1 cm³/mol. The van der Waals surface area contributed by atoms with Gasteiger partial charge in [0.2, 0.25) is 0 Å². The van der Waals surface area contributed by atoms with Crippen molar-refractivity contribution < 1.29 is 15.0 Å². The van der Waals surface area contributed by atoms with Crippen LogP contribution in [0.15, 0.2) is 24.3 Å². The highest BCUT2D eigenvalue weighted by Gasteiger charge is 1.93. The van der Waals surface area contributed by atoms with Crippen molar-refractivity contribution in [3.05, 3.63) is 24.3 Å². The van der Waals surface area contributed by atoms with Crippen molar-refractivity contribution in [3.63, 3.8) is 0 Å². The second-order valence-electron chi connectivity index (χ2n) is 4.42. The summed E-state index contributed by atoms with van der Waals surface area (Å²) < 4.78 is 0. The molecule has 1 atom stereocenters. The van der Waals surface area contributed by atoms with Gasteiger partial charge in [0.05, 0.1) is 0 Å². The van der Waals surface area contributed by atoms with Gasteiger partial charge in [-0.2, -0.15) is 0 Å². The van der Waals surface area contributed by atoms with E-state index >= 15 is 0 Å². The zero-order valence-electron chi connectivity index (χ0n) is 12.1. The average Bonchev–Trinajstić information content (AvgIpc) is 2.43. The maximum atomic E-state index is 10.3. The summed E-state index contributed by atoms with van der Waals surface area (Å²) in [6.45, 7) is 0. The van der Waals surface area contributed by atoms with Gasteiger partial charge in [-0.3, -0.25) is 10.1 Å². The zero-order valence-corrected chi connectivity index (χ0v) is 12.1. The van der Waals surface area contributed by atoms with Gasteiger partial charge in [-0.15, -0.1) is 0 Å². The number of unbranched alkanes of at least 4 members (excludes halogenated alkanes) is 4. The lowest BCUT2D eigenvalue weighted by atomic mass is 10.1. The molecule has 0 saturated carbocycles. The first kappa shape index (κ1) is 18.4. The number of likely N-dealkylation sites (N-methyl/N-ethyl adjacent to an activating group) is 1. The Bertz CT molecular complexity index is 364. The molecule has 20 heavy (non-hydrogen) atoms. The molecule has 3 N–H and O–H groups in total. The second kappa shape index (κ2) is 13.9. The van der Waals surface area contributed by atoms with Gasteiger partial charge >= 0.3 is 5.97 Å². The average molecular weight is 279 g/mol. The number of aliphatic hydroxyl groups is 1. The fourth-order valence-corrected chi connectivity index (χ4v) is 1.45. The number of aliphatic hydroxyl groups excluding tert-OH is 1. The number of carbonyl (C=O) groups is 1. The summed E-state index contributed by atoms with van der Waals surface area (Å²) >= 11 is 0. The van der Waals surface area contributed by atoms with Crippen LogP contribution in [-0.2, 0) is 4.79 Å². The molecule has 0 spiro atoms. The van der Waals surface area contributed by atoms with E-state index in [1.165, 1.54) is 0 Å². The van der Waals surface area contributed by atoms with E-state index in [1.54, 1.807) is 19.2 Å². The molecule has 4 nitrogen and oxygen atoms in total. The quantitative estimate of drug-likeness (QED) is 0.249. The van der Waals surface area contributed by atoms with Gasteiger partial charge in [0.25, 0.3) is 0 Å². The minimum atomic E-state index is -0.728. The number of hydrogen-bond donors (Lipinski definition) is 3. The van der Waals surface area contributed by atoms with E-state index in [0.717, 1.165) is 32.1 Å². The molecule has 0 rings (SSSR count). The molecule has 0 aliphatic carbocycles. The Labute approximate surface area is 121 Å². The third kappa shape index (κ3) is 14.5. The molecule has 0 aliphatic rings. The largest absolute Gasteiger partial charge is 0.481 e. The number of allylic oxidation sites excluding steroid dienone is 3. The van der Waals surface area contributed by atoms with Crippen LogP contribution in [0.2, 0.25) is 0 Å². The van der Waals surface area contributed by atoms with Gasteiger partial charge in [0.1, 0.15) is 6.23 Å². The first-order valence-corrected chi connectivity index (χ1v) is 7.04. The third-order valence-electron chi connectivity index (χ3n) is 2.61. The number of aliphatic carboxylic acids is 1. The number of hydrogen-bond acceptors (Lipinski definition) is 3.